The summed E-state index contributed by atoms with van der Waals surface area (Å²) in [4.78, 5) is 4.24. The summed E-state index contributed by atoms with van der Waals surface area (Å²) in [5.41, 5.74) is 10.1. The molecule has 0 unspecified atom stereocenters. The maximum atomic E-state index is 5.85. The summed E-state index contributed by atoms with van der Waals surface area (Å²) in [6.45, 7) is 2.09. The molecule has 2 heterocycles. The van der Waals surface area contributed by atoms with Crippen LogP contribution in [0.15, 0.2) is 42.6 Å². The summed E-state index contributed by atoms with van der Waals surface area (Å²) < 4.78 is 1.67. The first-order chi connectivity index (χ1) is 8.72. The highest BCUT2D eigenvalue weighted by molar-refractivity contribution is 5.46. The van der Waals surface area contributed by atoms with E-state index in [-0.39, 0.29) is 0 Å². The molecule has 2 aromatic heterocycles. The molecule has 2 N–H and O–H groups in total. The fourth-order valence-electron chi connectivity index (χ4n) is 2.08. The van der Waals surface area contributed by atoms with Crippen molar-refractivity contribution in [3.8, 4) is 0 Å². The first-order valence-corrected chi connectivity index (χ1v) is 5.87. The van der Waals surface area contributed by atoms with E-state index in [1.807, 2.05) is 6.07 Å². The van der Waals surface area contributed by atoms with Gasteiger partial charge in [0.25, 0.3) is 0 Å². The number of hydrogen-bond acceptors (Lipinski definition) is 3. The number of hydrogen-bond donors (Lipinski definition) is 1. The van der Waals surface area contributed by atoms with Crippen molar-refractivity contribution in [2.45, 2.75) is 13.3 Å². The molecule has 0 saturated carbocycles. The van der Waals surface area contributed by atoms with Crippen molar-refractivity contribution >= 4 is 11.5 Å². The van der Waals surface area contributed by atoms with Crippen molar-refractivity contribution in [2.24, 2.45) is 0 Å². The minimum atomic E-state index is 0.607. The number of aromatic nitrogens is 3. The minimum Gasteiger partial charge on any atom is -0.384 e. The minimum absolute atomic E-state index is 0.607. The van der Waals surface area contributed by atoms with E-state index in [1.54, 1.807) is 16.8 Å². The molecule has 0 saturated heterocycles. The highest BCUT2D eigenvalue weighted by Crippen LogP contribution is 2.13. The highest BCUT2D eigenvalue weighted by atomic mass is 15.3. The van der Waals surface area contributed by atoms with Gasteiger partial charge in [-0.05, 0) is 18.6 Å². The monoisotopic (exact) mass is 238 g/mol. The number of nitrogen functional groups attached to an aromatic ring is 1. The van der Waals surface area contributed by atoms with Crippen LogP contribution < -0.4 is 5.73 Å². The van der Waals surface area contributed by atoms with Crippen LogP contribution >= 0.6 is 0 Å². The van der Waals surface area contributed by atoms with E-state index in [2.05, 4.69) is 41.3 Å². The fourth-order valence-corrected chi connectivity index (χ4v) is 2.08. The maximum Gasteiger partial charge on any atom is 0.157 e. The average Bonchev–Trinajstić information content (AvgIpc) is 2.73. The van der Waals surface area contributed by atoms with Crippen molar-refractivity contribution in [3.05, 3.63) is 59.4 Å². The number of fused-ring (bicyclic) bond motifs is 1. The topological polar surface area (TPSA) is 56.2 Å². The highest BCUT2D eigenvalue weighted by Gasteiger charge is 2.05. The van der Waals surface area contributed by atoms with Gasteiger partial charge in [0.1, 0.15) is 5.82 Å². The summed E-state index contributed by atoms with van der Waals surface area (Å²) in [6, 6.07) is 12.1. The molecule has 0 aliphatic carbocycles. The molecule has 0 fully saturated rings. The standard InChI is InChI=1S/C14H14N4/c1-10-3-2-4-11(7-10)8-12-9-14-16-6-5-13(15)18(14)17-12/h2-7,9H,8,15H2,1H3. The van der Waals surface area contributed by atoms with Gasteiger partial charge < -0.3 is 5.73 Å². The van der Waals surface area contributed by atoms with Crippen molar-refractivity contribution in [1.82, 2.24) is 14.6 Å². The quantitative estimate of drug-likeness (QED) is 0.744. The molecule has 18 heavy (non-hydrogen) atoms. The van der Waals surface area contributed by atoms with Crippen molar-refractivity contribution < 1.29 is 0 Å². The Balaban J connectivity index is 1.98. The summed E-state index contributed by atoms with van der Waals surface area (Å²) >= 11 is 0. The third-order valence-corrected chi connectivity index (χ3v) is 2.91. The zero-order chi connectivity index (χ0) is 12.5. The van der Waals surface area contributed by atoms with E-state index in [0.29, 0.717) is 5.82 Å². The lowest BCUT2D eigenvalue weighted by Gasteiger charge is -1.99. The Labute approximate surface area is 105 Å². The molecule has 4 heteroatoms. The van der Waals surface area contributed by atoms with Gasteiger partial charge >= 0.3 is 0 Å². The van der Waals surface area contributed by atoms with Crippen LogP contribution in [0.1, 0.15) is 16.8 Å². The van der Waals surface area contributed by atoms with Crippen LogP contribution in [0.5, 0.6) is 0 Å². The van der Waals surface area contributed by atoms with Crippen LogP contribution in [0.2, 0.25) is 0 Å². The molecule has 0 radical (unpaired) electrons. The van der Waals surface area contributed by atoms with E-state index in [0.717, 1.165) is 17.8 Å². The lowest BCUT2D eigenvalue weighted by Crippen LogP contribution is -1.99. The number of nitrogens with zero attached hydrogens (tertiary/aromatic N) is 3. The normalized spacial score (nSPS) is 10.9. The predicted octanol–water partition coefficient (Wildman–Crippen LogP) is 2.21. The first kappa shape index (κ1) is 10.8. The second kappa shape index (κ2) is 4.14. The number of aryl methyl sites for hydroxylation is 1. The second-order valence-electron chi connectivity index (χ2n) is 4.44. The third-order valence-electron chi connectivity index (χ3n) is 2.91. The Morgan fingerprint density at radius 2 is 2.11 bits per heavy atom. The summed E-state index contributed by atoms with van der Waals surface area (Å²) in [6.07, 6.45) is 2.49. The third kappa shape index (κ3) is 1.93. The molecule has 0 atom stereocenters. The Hall–Kier alpha value is -2.36. The molecule has 0 bridgehead atoms. The molecular formula is C14H14N4. The molecule has 90 valence electrons. The van der Waals surface area contributed by atoms with Gasteiger partial charge in [0.05, 0.1) is 5.69 Å². The maximum absolute atomic E-state index is 5.85. The molecule has 4 nitrogen and oxygen atoms in total. The Bertz CT molecular complexity index is 700. The zero-order valence-electron chi connectivity index (χ0n) is 10.2. The second-order valence-corrected chi connectivity index (χ2v) is 4.44. The van der Waals surface area contributed by atoms with Gasteiger partial charge in [-0.3, -0.25) is 0 Å². The molecule has 0 aliphatic rings. The lowest BCUT2D eigenvalue weighted by atomic mass is 10.1. The first-order valence-electron chi connectivity index (χ1n) is 5.87. The molecule has 3 aromatic rings. The Morgan fingerprint density at radius 3 is 2.89 bits per heavy atom. The number of benzene rings is 1. The summed E-state index contributed by atoms with van der Waals surface area (Å²) in [5, 5.41) is 4.47. The summed E-state index contributed by atoms with van der Waals surface area (Å²) in [7, 11) is 0. The van der Waals surface area contributed by atoms with E-state index in [1.165, 1.54) is 11.1 Å². The van der Waals surface area contributed by atoms with Gasteiger partial charge in [0, 0.05) is 18.7 Å². The lowest BCUT2D eigenvalue weighted by molar-refractivity contribution is 0.906. The number of rotatable bonds is 2. The van der Waals surface area contributed by atoms with Gasteiger partial charge in [-0.15, -0.1) is 0 Å². The van der Waals surface area contributed by atoms with E-state index in [4.69, 9.17) is 5.73 Å². The van der Waals surface area contributed by atoms with E-state index < -0.39 is 0 Å². The molecule has 0 amide bonds. The molecule has 1 aromatic carbocycles. The van der Waals surface area contributed by atoms with Gasteiger partial charge in [-0.25, -0.2) is 4.98 Å². The van der Waals surface area contributed by atoms with Crippen molar-refractivity contribution in [2.75, 3.05) is 5.73 Å². The van der Waals surface area contributed by atoms with Crippen LogP contribution in [0.25, 0.3) is 5.65 Å². The van der Waals surface area contributed by atoms with Gasteiger partial charge in [-0.1, -0.05) is 29.8 Å². The Kier molecular flexibility index (Phi) is 2.48. The average molecular weight is 238 g/mol. The molecule has 3 rings (SSSR count). The fraction of sp³-hybridized carbons (Fsp3) is 0.143. The van der Waals surface area contributed by atoms with Gasteiger partial charge in [0.15, 0.2) is 5.65 Å². The Morgan fingerprint density at radius 1 is 1.22 bits per heavy atom. The van der Waals surface area contributed by atoms with Crippen molar-refractivity contribution in [1.29, 1.82) is 0 Å². The van der Waals surface area contributed by atoms with Crippen LogP contribution in [-0.4, -0.2) is 14.6 Å². The van der Waals surface area contributed by atoms with Crippen LogP contribution in [0.3, 0.4) is 0 Å². The SMILES string of the molecule is Cc1cccc(Cc2cc3nccc(N)n3n2)c1. The largest absolute Gasteiger partial charge is 0.384 e. The van der Waals surface area contributed by atoms with Crippen LogP contribution in [-0.2, 0) is 6.42 Å². The van der Waals surface area contributed by atoms with Crippen LogP contribution in [0, 0.1) is 6.92 Å². The molecule has 0 aliphatic heterocycles. The predicted molar refractivity (Wildman–Crippen MR) is 71.4 cm³/mol. The van der Waals surface area contributed by atoms with E-state index in [9.17, 15) is 0 Å². The van der Waals surface area contributed by atoms with Gasteiger partial charge in [0.2, 0.25) is 0 Å². The van der Waals surface area contributed by atoms with Gasteiger partial charge in [-0.2, -0.15) is 9.61 Å². The smallest absolute Gasteiger partial charge is 0.157 e. The summed E-state index contributed by atoms with van der Waals surface area (Å²) in [5.74, 6) is 0.607. The molecule has 0 spiro atoms. The van der Waals surface area contributed by atoms with Crippen molar-refractivity contribution in [3.63, 3.8) is 0 Å². The van der Waals surface area contributed by atoms with Crippen LogP contribution in [0.4, 0.5) is 5.82 Å². The zero-order valence-corrected chi connectivity index (χ0v) is 10.2. The number of nitrogens with two attached hydrogens (primary N) is 1. The van der Waals surface area contributed by atoms with E-state index >= 15 is 0 Å². The number of anilines is 1. The molecular weight excluding hydrogens is 224 g/mol.